The third-order valence-electron chi connectivity index (χ3n) is 3.81. The first-order valence-electron chi connectivity index (χ1n) is 7.48. The first-order valence-corrected chi connectivity index (χ1v) is 9.07. The molecule has 2 aromatic heterocycles. The Hall–Kier alpha value is -2.16. The van der Waals surface area contributed by atoms with Gasteiger partial charge in [0.15, 0.2) is 0 Å². The quantitative estimate of drug-likeness (QED) is 0.594. The standard InChI is InChI=1S/C11H8AsClN4.C7H6/c12-10-11(17-4-3-14-6-17)16-8-2-1-7(13)5-9(8)15-10;1-2-7-4-3-6(1)5-7/h1-6H,12H2;1-4H,5H2. The summed E-state index contributed by atoms with van der Waals surface area (Å²) >= 11 is 7.36. The molecule has 0 N–H and O–H groups in total. The van der Waals surface area contributed by atoms with Crippen molar-refractivity contribution in [3.05, 3.63) is 77.4 Å². The Bertz CT molecular complexity index is 983. The molecule has 24 heavy (non-hydrogen) atoms. The van der Waals surface area contributed by atoms with Crippen molar-refractivity contribution >= 4 is 44.0 Å². The molecule has 0 radical (unpaired) electrons. The van der Waals surface area contributed by atoms with E-state index in [0.717, 1.165) is 21.3 Å². The maximum atomic E-state index is 5.93. The van der Waals surface area contributed by atoms with E-state index in [1.807, 2.05) is 29.0 Å². The second-order valence-electron chi connectivity index (χ2n) is 5.53. The number of nitrogens with zero attached hydrogens (tertiary/aromatic N) is 4. The molecule has 0 saturated heterocycles. The minimum atomic E-state index is 0.675. The molecule has 0 spiro atoms. The van der Waals surface area contributed by atoms with Gasteiger partial charge >= 0.3 is 111 Å². The molecule has 1 atom stereocenters. The van der Waals surface area contributed by atoms with Crippen molar-refractivity contribution in [2.45, 2.75) is 6.42 Å². The molecule has 0 fully saturated rings. The Morgan fingerprint density at radius 3 is 2.42 bits per heavy atom. The number of hydrogen-bond acceptors (Lipinski definition) is 3. The average Bonchev–Trinajstić information content (AvgIpc) is 3.34. The van der Waals surface area contributed by atoms with Gasteiger partial charge in [-0.1, -0.05) is 24.3 Å². The molecular weight excluding hydrogens is 383 g/mol. The average molecular weight is 397 g/mol. The molecule has 5 rings (SSSR count). The number of halogens is 1. The van der Waals surface area contributed by atoms with Crippen molar-refractivity contribution in [2.24, 2.45) is 0 Å². The maximum absolute atomic E-state index is 5.93. The monoisotopic (exact) mass is 396 g/mol. The van der Waals surface area contributed by atoms with Crippen molar-refractivity contribution in [3.63, 3.8) is 0 Å². The molecule has 2 bridgehead atoms. The van der Waals surface area contributed by atoms with E-state index in [2.05, 4.69) is 39.3 Å². The summed E-state index contributed by atoms with van der Waals surface area (Å²) in [6.45, 7) is 0. The van der Waals surface area contributed by atoms with Crippen LogP contribution in [0.3, 0.4) is 0 Å². The normalized spacial score (nSPS) is 14.4. The van der Waals surface area contributed by atoms with E-state index in [4.69, 9.17) is 11.6 Å². The fourth-order valence-electron chi connectivity index (χ4n) is 2.62. The zero-order chi connectivity index (χ0) is 16.5. The third-order valence-corrected chi connectivity index (χ3v) is 4.86. The predicted octanol–water partition coefficient (Wildman–Crippen LogP) is 2.54. The van der Waals surface area contributed by atoms with Gasteiger partial charge in [-0.15, -0.1) is 0 Å². The summed E-state index contributed by atoms with van der Waals surface area (Å²) in [6, 6.07) is 5.51. The molecule has 3 aromatic rings. The summed E-state index contributed by atoms with van der Waals surface area (Å²) in [5.41, 5.74) is 4.59. The summed E-state index contributed by atoms with van der Waals surface area (Å²) in [7, 11) is 0. The van der Waals surface area contributed by atoms with Crippen molar-refractivity contribution in [1.29, 1.82) is 0 Å². The van der Waals surface area contributed by atoms with E-state index >= 15 is 0 Å². The van der Waals surface area contributed by atoms with E-state index in [-0.39, 0.29) is 0 Å². The first-order chi connectivity index (χ1) is 11.7. The second-order valence-corrected chi connectivity index (χ2v) is 7.11. The van der Waals surface area contributed by atoms with Gasteiger partial charge in [0.1, 0.15) is 0 Å². The summed E-state index contributed by atoms with van der Waals surface area (Å²) in [5.74, 6) is 0.817. The Morgan fingerprint density at radius 2 is 1.83 bits per heavy atom. The zero-order valence-corrected chi connectivity index (χ0v) is 15.9. The van der Waals surface area contributed by atoms with Crippen molar-refractivity contribution in [3.8, 4) is 5.82 Å². The van der Waals surface area contributed by atoms with Gasteiger partial charge in [0.2, 0.25) is 0 Å². The fraction of sp³-hybridized carbons (Fsp3) is 0.0556. The van der Waals surface area contributed by atoms with Crippen LogP contribution in [0, 0.1) is 0 Å². The van der Waals surface area contributed by atoms with Crippen LogP contribution in [0.25, 0.3) is 16.9 Å². The molecule has 0 saturated carbocycles. The van der Waals surface area contributed by atoms with Crippen LogP contribution in [-0.4, -0.2) is 36.4 Å². The topological polar surface area (TPSA) is 43.6 Å². The van der Waals surface area contributed by atoms with Crippen LogP contribution in [0.15, 0.2) is 72.4 Å². The second kappa shape index (κ2) is 6.39. The molecule has 4 nitrogen and oxygen atoms in total. The fourth-order valence-corrected chi connectivity index (χ4v) is 3.52. The van der Waals surface area contributed by atoms with Crippen molar-refractivity contribution in [1.82, 2.24) is 19.5 Å². The van der Waals surface area contributed by atoms with Gasteiger partial charge in [-0.25, -0.2) is 0 Å². The number of hydrogen-bond donors (Lipinski definition) is 0. The van der Waals surface area contributed by atoms with Gasteiger partial charge in [0, 0.05) is 0 Å². The number of allylic oxidation sites excluding steroid dienone is 6. The Kier molecular flexibility index (Phi) is 4.09. The summed E-state index contributed by atoms with van der Waals surface area (Å²) in [6.07, 6.45) is 15.2. The van der Waals surface area contributed by atoms with Crippen LogP contribution < -0.4 is 4.48 Å². The number of imidazole rings is 1. The molecule has 1 aromatic carbocycles. The van der Waals surface area contributed by atoms with Crippen molar-refractivity contribution in [2.75, 3.05) is 0 Å². The molecule has 0 amide bonds. The van der Waals surface area contributed by atoms with E-state index in [1.54, 1.807) is 12.5 Å². The molecule has 2 aliphatic carbocycles. The van der Waals surface area contributed by atoms with Crippen LogP contribution in [0.5, 0.6) is 0 Å². The van der Waals surface area contributed by atoms with Crippen LogP contribution in [0.1, 0.15) is 6.42 Å². The number of aromatic nitrogens is 4. The summed E-state index contributed by atoms with van der Waals surface area (Å²) < 4.78 is 2.77. The molecule has 1 unspecified atom stereocenters. The van der Waals surface area contributed by atoms with Crippen LogP contribution >= 0.6 is 11.6 Å². The molecule has 6 heteroatoms. The van der Waals surface area contributed by atoms with Crippen molar-refractivity contribution < 1.29 is 0 Å². The molecule has 2 heterocycles. The Labute approximate surface area is 153 Å². The van der Waals surface area contributed by atoms with Crippen LogP contribution in [-0.2, 0) is 0 Å². The van der Waals surface area contributed by atoms with Crippen LogP contribution in [0.2, 0.25) is 5.02 Å². The van der Waals surface area contributed by atoms with Gasteiger partial charge in [0.05, 0.1) is 0 Å². The third kappa shape index (κ3) is 3.08. The van der Waals surface area contributed by atoms with Gasteiger partial charge < -0.3 is 0 Å². The number of rotatable bonds is 1. The predicted molar refractivity (Wildman–Crippen MR) is 99.8 cm³/mol. The van der Waals surface area contributed by atoms with Gasteiger partial charge in [0.25, 0.3) is 0 Å². The molecule has 2 aliphatic rings. The molecule has 0 aliphatic heterocycles. The van der Waals surface area contributed by atoms with Crippen LogP contribution in [0.4, 0.5) is 0 Å². The number of fused-ring (bicyclic) bond motifs is 3. The summed E-state index contributed by atoms with van der Waals surface area (Å²) in [4.78, 5) is 13.1. The first kappa shape index (κ1) is 15.4. The Balaban J connectivity index is 0.000000172. The van der Waals surface area contributed by atoms with E-state index < -0.39 is 0 Å². The van der Waals surface area contributed by atoms with Gasteiger partial charge in [-0.2, -0.15) is 0 Å². The zero-order valence-electron chi connectivity index (χ0n) is 12.7. The van der Waals surface area contributed by atoms with E-state index in [1.165, 1.54) is 34.4 Å². The van der Waals surface area contributed by atoms with Gasteiger partial charge in [-0.3, -0.25) is 0 Å². The summed E-state index contributed by atoms with van der Waals surface area (Å²) in [5, 5.41) is 0.675. The molecule has 118 valence electrons. The van der Waals surface area contributed by atoms with E-state index in [0.29, 0.717) is 5.02 Å². The Morgan fingerprint density at radius 1 is 1.04 bits per heavy atom. The minimum absolute atomic E-state index is 0.675. The van der Waals surface area contributed by atoms with Gasteiger partial charge in [-0.05, 0) is 17.6 Å². The molecular formula is C18H14AsClN4. The van der Waals surface area contributed by atoms with E-state index in [9.17, 15) is 0 Å². The SMILES string of the molecule is C1=CC2=CC=C1C2.Clc1ccc2nc(-n3ccnc3)c([AsH2])nc2c1. The number of benzene rings is 1.